The van der Waals surface area contributed by atoms with Crippen LogP contribution in [0.25, 0.3) is 0 Å². The summed E-state index contributed by atoms with van der Waals surface area (Å²) >= 11 is 0. The van der Waals surface area contributed by atoms with Crippen molar-refractivity contribution in [2.24, 2.45) is 0 Å². The molecule has 0 saturated carbocycles. The van der Waals surface area contributed by atoms with Crippen LogP contribution in [0.1, 0.15) is 24.8 Å². The fraction of sp³-hybridized carbons (Fsp3) is 0.571. The van der Waals surface area contributed by atoms with Gasteiger partial charge in [0.15, 0.2) is 11.5 Å². The van der Waals surface area contributed by atoms with Crippen LogP contribution in [0.4, 0.5) is 0 Å². The van der Waals surface area contributed by atoms with Crippen molar-refractivity contribution in [3.63, 3.8) is 0 Å². The quantitative estimate of drug-likeness (QED) is 0.818. The van der Waals surface area contributed by atoms with E-state index in [9.17, 15) is 0 Å². The maximum atomic E-state index is 5.44. The Kier molecular flexibility index (Phi) is 3.39. The SMILES string of the molecule is CCC(CN1CCOC1)c1ccc2c(c1)OCO2. The van der Waals surface area contributed by atoms with Crippen molar-refractivity contribution in [1.29, 1.82) is 0 Å². The number of benzene rings is 1. The van der Waals surface area contributed by atoms with E-state index >= 15 is 0 Å². The number of hydrogen-bond donors (Lipinski definition) is 0. The lowest BCUT2D eigenvalue weighted by molar-refractivity contribution is 0.136. The second-order valence-corrected chi connectivity index (χ2v) is 4.83. The third-order valence-electron chi connectivity index (χ3n) is 3.67. The maximum Gasteiger partial charge on any atom is 0.231 e. The summed E-state index contributed by atoms with van der Waals surface area (Å²) in [6.07, 6.45) is 1.12. The van der Waals surface area contributed by atoms with E-state index in [-0.39, 0.29) is 0 Å². The fourth-order valence-corrected chi connectivity index (χ4v) is 2.54. The summed E-state index contributed by atoms with van der Waals surface area (Å²) in [7, 11) is 0. The molecule has 1 saturated heterocycles. The van der Waals surface area contributed by atoms with Crippen LogP contribution in [0.2, 0.25) is 0 Å². The molecule has 3 rings (SSSR count). The van der Waals surface area contributed by atoms with E-state index in [1.165, 1.54) is 5.56 Å². The van der Waals surface area contributed by atoms with Gasteiger partial charge in [-0.15, -0.1) is 0 Å². The topological polar surface area (TPSA) is 30.9 Å². The highest BCUT2D eigenvalue weighted by atomic mass is 16.7. The Balaban J connectivity index is 1.74. The highest BCUT2D eigenvalue weighted by Crippen LogP contribution is 2.35. The first-order valence-electron chi connectivity index (χ1n) is 6.56. The molecule has 1 fully saturated rings. The van der Waals surface area contributed by atoms with E-state index in [0.29, 0.717) is 12.7 Å². The largest absolute Gasteiger partial charge is 0.454 e. The maximum absolute atomic E-state index is 5.44. The first kappa shape index (κ1) is 11.8. The van der Waals surface area contributed by atoms with Crippen molar-refractivity contribution < 1.29 is 14.2 Å². The molecule has 1 aromatic rings. The monoisotopic (exact) mass is 249 g/mol. The molecule has 2 aliphatic rings. The van der Waals surface area contributed by atoms with E-state index < -0.39 is 0 Å². The molecule has 4 nitrogen and oxygen atoms in total. The number of ether oxygens (including phenoxy) is 3. The lowest BCUT2D eigenvalue weighted by Crippen LogP contribution is -2.25. The molecule has 0 N–H and O–H groups in total. The minimum atomic E-state index is 0.343. The van der Waals surface area contributed by atoms with E-state index in [1.807, 2.05) is 6.07 Å². The average Bonchev–Trinajstić information content (AvgIpc) is 3.06. The molecule has 0 spiro atoms. The summed E-state index contributed by atoms with van der Waals surface area (Å²) in [5.74, 6) is 2.27. The van der Waals surface area contributed by atoms with Gasteiger partial charge in [0.2, 0.25) is 6.79 Å². The van der Waals surface area contributed by atoms with Gasteiger partial charge in [0.05, 0.1) is 13.3 Å². The Labute approximate surface area is 107 Å². The number of hydrogen-bond acceptors (Lipinski definition) is 4. The first-order valence-corrected chi connectivity index (χ1v) is 6.56. The Hall–Kier alpha value is -1.26. The molecule has 1 atom stereocenters. The predicted molar refractivity (Wildman–Crippen MR) is 68.0 cm³/mol. The Morgan fingerprint density at radius 2 is 2.17 bits per heavy atom. The van der Waals surface area contributed by atoms with Gasteiger partial charge in [-0.3, -0.25) is 4.90 Å². The second-order valence-electron chi connectivity index (χ2n) is 4.83. The standard InChI is InChI=1S/C14H19NO3/c1-2-11(8-15-5-6-16-9-15)12-3-4-13-14(7-12)18-10-17-13/h3-4,7,11H,2,5-6,8-10H2,1H3. The molecular weight excluding hydrogens is 230 g/mol. The lowest BCUT2D eigenvalue weighted by Gasteiger charge is -2.21. The molecule has 98 valence electrons. The lowest BCUT2D eigenvalue weighted by atomic mass is 9.95. The summed E-state index contributed by atoms with van der Waals surface area (Å²) in [5, 5.41) is 0. The second kappa shape index (κ2) is 5.16. The number of rotatable bonds is 4. The van der Waals surface area contributed by atoms with Crippen LogP contribution in [0.5, 0.6) is 11.5 Å². The third kappa shape index (κ3) is 2.31. The van der Waals surface area contributed by atoms with Crippen LogP contribution < -0.4 is 9.47 Å². The van der Waals surface area contributed by atoms with Crippen LogP contribution in [-0.4, -0.2) is 38.1 Å². The van der Waals surface area contributed by atoms with Gasteiger partial charge in [-0.05, 0) is 30.0 Å². The average molecular weight is 249 g/mol. The van der Waals surface area contributed by atoms with Gasteiger partial charge in [-0.2, -0.15) is 0 Å². The van der Waals surface area contributed by atoms with E-state index in [4.69, 9.17) is 14.2 Å². The van der Waals surface area contributed by atoms with Crippen molar-refractivity contribution in [3.05, 3.63) is 23.8 Å². The molecule has 4 heteroatoms. The summed E-state index contributed by atoms with van der Waals surface area (Å²) in [5.41, 5.74) is 1.33. The summed E-state index contributed by atoms with van der Waals surface area (Å²) in [4.78, 5) is 2.36. The normalized spacial score (nSPS) is 20.3. The van der Waals surface area contributed by atoms with Gasteiger partial charge < -0.3 is 14.2 Å². The fourth-order valence-electron chi connectivity index (χ4n) is 2.54. The third-order valence-corrected chi connectivity index (χ3v) is 3.67. The number of nitrogens with zero attached hydrogens (tertiary/aromatic N) is 1. The molecule has 2 aliphatic heterocycles. The van der Waals surface area contributed by atoms with Crippen LogP contribution in [-0.2, 0) is 4.74 Å². The zero-order chi connectivity index (χ0) is 12.4. The van der Waals surface area contributed by atoms with Gasteiger partial charge in [0, 0.05) is 13.1 Å². The molecule has 0 aromatic heterocycles. The summed E-state index contributed by atoms with van der Waals surface area (Å²) in [6, 6.07) is 6.28. The molecule has 1 aromatic carbocycles. The highest BCUT2D eigenvalue weighted by Gasteiger charge is 2.20. The van der Waals surface area contributed by atoms with E-state index in [0.717, 1.165) is 44.3 Å². The minimum Gasteiger partial charge on any atom is -0.454 e. The molecule has 1 unspecified atom stereocenters. The molecule has 0 bridgehead atoms. The Morgan fingerprint density at radius 1 is 1.28 bits per heavy atom. The zero-order valence-corrected chi connectivity index (χ0v) is 10.7. The Morgan fingerprint density at radius 3 is 2.94 bits per heavy atom. The highest BCUT2D eigenvalue weighted by molar-refractivity contribution is 5.45. The zero-order valence-electron chi connectivity index (χ0n) is 10.7. The molecular formula is C14H19NO3. The van der Waals surface area contributed by atoms with Crippen LogP contribution in [0, 0.1) is 0 Å². The van der Waals surface area contributed by atoms with Gasteiger partial charge in [-0.25, -0.2) is 0 Å². The van der Waals surface area contributed by atoms with Gasteiger partial charge >= 0.3 is 0 Å². The van der Waals surface area contributed by atoms with Crippen molar-refractivity contribution in [2.45, 2.75) is 19.3 Å². The smallest absolute Gasteiger partial charge is 0.231 e. The van der Waals surface area contributed by atoms with Crippen molar-refractivity contribution in [2.75, 3.05) is 33.2 Å². The van der Waals surface area contributed by atoms with Crippen molar-refractivity contribution >= 4 is 0 Å². The Bertz CT molecular complexity index is 416. The van der Waals surface area contributed by atoms with Crippen LogP contribution in [0.3, 0.4) is 0 Å². The van der Waals surface area contributed by atoms with Gasteiger partial charge in [0.1, 0.15) is 0 Å². The van der Waals surface area contributed by atoms with E-state index in [2.05, 4.69) is 24.0 Å². The number of fused-ring (bicyclic) bond motifs is 1. The molecule has 18 heavy (non-hydrogen) atoms. The van der Waals surface area contributed by atoms with Crippen LogP contribution >= 0.6 is 0 Å². The summed E-state index contributed by atoms with van der Waals surface area (Å²) in [6.45, 7) is 6.29. The first-order chi connectivity index (χ1) is 8.86. The summed E-state index contributed by atoms with van der Waals surface area (Å²) < 4.78 is 16.2. The van der Waals surface area contributed by atoms with Crippen molar-refractivity contribution in [3.8, 4) is 11.5 Å². The van der Waals surface area contributed by atoms with Gasteiger partial charge in [-0.1, -0.05) is 13.0 Å². The minimum absolute atomic E-state index is 0.343. The van der Waals surface area contributed by atoms with E-state index in [1.54, 1.807) is 0 Å². The predicted octanol–water partition coefficient (Wildman–Crippen LogP) is 2.20. The molecule has 0 amide bonds. The molecule has 0 aliphatic carbocycles. The molecule has 0 radical (unpaired) electrons. The molecule has 2 heterocycles. The van der Waals surface area contributed by atoms with Crippen molar-refractivity contribution in [1.82, 2.24) is 4.90 Å². The van der Waals surface area contributed by atoms with Crippen LogP contribution in [0.15, 0.2) is 18.2 Å². The van der Waals surface area contributed by atoms with Gasteiger partial charge in [0.25, 0.3) is 0 Å².